The zero-order valence-electron chi connectivity index (χ0n) is 18.8. The smallest absolute Gasteiger partial charge is 0.404 e. The lowest BCUT2D eigenvalue weighted by molar-refractivity contribution is -0.106. The Bertz CT molecular complexity index is 910. The molecule has 0 spiro atoms. The van der Waals surface area contributed by atoms with Gasteiger partial charge in [-0.25, -0.2) is 8.42 Å². The first-order valence-corrected chi connectivity index (χ1v) is 11.7. The molecular weight excluding hydrogens is 451 g/mol. The topological polar surface area (TPSA) is 88.2 Å². The Kier molecular flexibility index (Phi) is 8.40. The zero-order chi connectivity index (χ0) is 24.3. The average molecular weight is 482 g/mol. The van der Waals surface area contributed by atoms with Crippen LogP contribution in [0, 0.1) is 5.92 Å². The minimum absolute atomic E-state index is 0.0550. The van der Waals surface area contributed by atoms with E-state index in [0.29, 0.717) is 13.1 Å². The Morgan fingerprint density at radius 1 is 1.22 bits per heavy atom. The molecule has 0 saturated carbocycles. The zero-order valence-corrected chi connectivity index (χ0v) is 19.6. The number of alkyl halides is 3. The normalized spacial score (nSPS) is 24.2. The average Bonchev–Trinajstić information content (AvgIpc) is 2.66. The van der Waals surface area contributed by atoms with Crippen molar-refractivity contribution in [2.24, 2.45) is 5.92 Å². The summed E-state index contributed by atoms with van der Waals surface area (Å²) in [6, 6.07) is 3.75. The van der Waals surface area contributed by atoms with Crippen LogP contribution in [0.4, 0.5) is 18.9 Å². The minimum Gasteiger partial charge on any atom is -0.491 e. The molecule has 32 heavy (non-hydrogen) atoms. The monoisotopic (exact) mass is 481 g/mol. The minimum atomic E-state index is -4.88. The van der Waals surface area contributed by atoms with Crippen LogP contribution < -0.4 is 9.46 Å². The lowest BCUT2D eigenvalue weighted by Crippen LogP contribution is -2.45. The van der Waals surface area contributed by atoms with Gasteiger partial charge in [-0.05, 0) is 32.0 Å². The largest absolute Gasteiger partial charge is 0.491 e. The highest BCUT2D eigenvalue weighted by atomic mass is 32.2. The molecule has 0 radical (unpaired) electrons. The van der Waals surface area contributed by atoms with E-state index in [-0.39, 0.29) is 47.6 Å². The van der Waals surface area contributed by atoms with Crippen molar-refractivity contribution in [1.82, 2.24) is 9.80 Å². The van der Waals surface area contributed by atoms with Gasteiger partial charge in [0.05, 0.1) is 17.4 Å². The summed E-state index contributed by atoms with van der Waals surface area (Å²) in [5.41, 5.74) is 0.0455. The van der Waals surface area contributed by atoms with E-state index in [0.717, 1.165) is 0 Å². The Balaban J connectivity index is 2.39. The third-order valence-electron chi connectivity index (χ3n) is 5.39. The van der Waals surface area contributed by atoms with Crippen molar-refractivity contribution in [2.75, 3.05) is 51.4 Å². The van der Waals surface area contributed by atoms with Crippen molar-refractivity contribution in [1.29, 1.82) is 0 Å². The van der Waals surface area contributed by atoms with Gasteiger partial charge >= 0.3 is 6.18 Å². The quantitative estimate of drug-likeness (QED) is 0.711. The number of methoxy groups -OCH3 is 1. The third-order valence-corrected chi connectivity index (χ3v) is 6.64. The third kappa shape index (κ3) is 7.24. The molecule has 1 aliphatic rings. The number of likely N-dealkylation sites (N-methyl/N-ethyl adjacent to an activating group) is 2. The van der Waals surface area contributed by atoms with E-state index in [1.165, 1.54) is 23.1 Å². The van der Waals surface area contributed by atoms with Crippen molar-refractivity contribution < 1.29 is 35.9 Å². The van der Waals surface area contributed by atoms with Gasteiger partial charge in [0.15, 0.2) is 5.75 Å². The van der Waals surface area contributed by atoms with Crippen molar-refractivity contribution in [3.05, 3.63) is 23.8 Å². The maximum Gasteiger partial charge on any atom is 0.404 e. The molecule has 0 fully saturated rings. The van der Waals surface area contributed by atoms with E-state index in [4.69, 9.17) is 9.47 Å². The van der Waals surface area contributed by atoms with Gasteiger partial charge in [0.25, 0.3) is 5.91 Å². The Labute approximate surface area is 186 Å². The number of carbonyl (C=O) groups excluding carboxylic acids is 1. The van der Waals surface area contributed by atoms with E-state index in [9.17, 15) is 26.4 Å². The summed E-state index contributed by atoms with van der Waals surface area (Å²) in [4.78, 5) is 16.6. The fraction of sp³-hybridized carbons (Fsp3) is 0.650. The van der Waals surface area contributed by atoms with Crippen molar-refractivity contribution >= 4 is 21.6 Å². The lowest BCUT2D eigenvalue weighted by Gasteiger charge is -2.34. The summed E-state index contributed by atoms with van der Waals surface area (Å²) in [5, 5.41) is 0. The van der Waals surface area contributed by atoms with Crippen LogP contribution in [0.5, 0.6) is 5.75 Å². The van der Waals surface area contributed by atoms with Crippen LogP contribution in [0.1, 0.15) is 24.2 Å². The molecule has 0 bridgehead atoms. The SMILES string of the molecule is CO[C@H]1CN(C)C(=O)c2ccc(NS(=O)(=O)CC(F)(F)F)cc2OC[C@H](C)N(C)C[C@@H]1C. The van der Waals surface area contributed by atoms with E-state index in [1.54, 1.807) is 14.2 Å². The number of benzene rings is 1. The molecule has 1 amide bonds. The number of fused-ring (bicyclic) bond motifs is 1. The number of hydrogen-bond donors (Lipinski definition) is 1. The van der Waals surface area contributed by atoms with Gasteiger partial charge in [0.1, 0.15) is 12.4 Å². The van der Waals surface area contributed by atoms with Gasteiger partial charge in [0, 0.05) is 39.4 Å². The summed E-state index contributed by atoms with van der Waals surface area (Å²) >= 11 is 0. The van der Waals surface area contributed by atoms with Gasteiger partial charge in [-0.3, -0.25) is 14.4 Å². The van der Waals surface area contributed by atoms with Crippen LogP contribution in [0.3, 0.4) is 0 Å². The summed E-state index contributed by atoms with van der Waals surface area (Å²) in [6.07, 6.45) is -5.09. The van der Waals surface area contributed by atoms with Crippen molar-refractivity contribution in [3.8, 4) is 5.75 Å². The second-order valence-electron chi connectivity index (χ2n) is 8.22. The fourth-order valence-electron chi connectivity index (χ4n) is 3.45. The summed E-state index contributed by atoms with van der Waals surface area (Å²) in [7, 11) is 0.463. The second-order valence-corrected chi connectivity index (χ2v) is 9.95. The molecule has 182 valence electrons. The molecule has 2 rings (SSSR count). The molecular formula is C20H30F3N3O5S. The number of rotatable bonds is 4. The number of nitrogens with zero attached hydrogens (tertiary/aromatic N) is 2. The second kappa shape index (κ2) is 10.3. The van der Waals surface area contributed by atoms with Gasteiger partial charge in [-0.1, -0.05) is 6.92 Å². The molecule has 1 aromatic rings. The number of sulfonamides is 1. The standard InChI is InChI=1S/C20H30F3N3O5S/c1-13-9-25(3)14(2)11-31-17-8-15(24-32(28,29)12-20(21,22)23)6-7-16(17)19(27)26(4)10-18(13)30-5/h6-8,13-14,18,24H,9-12H2,1-5H3/t13-,14-,18-/m0/s1. The number of halogens is 3. The highest BCUT2D eigenvalue weighted by Crippen LogP contribution is 2.28. The van der Waals surface area contributed by atoms with Crippen LogP contribution in [0.25, 0.3) is 0 Å². The fourth-order valence-corrected chi connectivity index (χ4v) is 4.44. The first-order chi connectivity index (χ1) is 14.7. The van der Waals surface area contributed by atoms with E-state index >= 15 is 0 Å². The highest BCUT2D eigenvalue weighted by molar-refractivity contribution is 7.92. The van der Waals surface area contributed by atoms with E-state index in [1.807, 2.05) is 25.6 Å². The summed E-state index contributed by atoms with van der Waals surface area (Å²) in [5.74, 6) is -2.18. The maximum atomic E-state index is 13.0. The molecule has 3 atom stereocenters. The number of carbonyl (C=O) groups is 1. The van der Waals surface area contributed by atoms with Gasteiger partial charge in [-0.2, -0.15) is 13.2 Å². The predicted octanol–water partition coefficient (Wildman–Crippen LogP) is 2.43. The highest BCUT2D eigenvalue weighted by Gasteiger charge is 2.35. The lowest BCUT2D eigenvalue weighted by atomic mass is 10.0. The van der Waals surface area contributed by atoms with Gasteiger partial charge in [0.2, 0.25) is 10.0 Å². The Morgan fingerprint density at radius 3 is 2.47 bits per heavy atom. The maximum absolute atomic E-state index is 13.0. The van der Waals surface area contributed by atoms with Crippen LogP contribution >= 0.6 is 0 Å². The van der Waals surface area contributed by atoms with Gasteiger partial charge in [-0.15, -0.1) is 0 Å². The van der Waals surface area contributed by atoms with Gasteiger partial charge < -0.3 is 14.4 Å². The number of nitrogens with one attached hydrogen (secondary N) is 1. The molecule has 0 aromatic heterocycles. The molecule has 1 aliphatic heterocycles. The van der Waals surface area contributed by atoms with E-state index < -0.39 is 22.0 Å². The predicted molar refractivity (Wildman–Crippen MR) is 114 cm³/mol. The van der Waals surface area contributed by atoms with E-state index in [2.05, 4.69) is 4.90 Å². The number of anilines is 1. The summed E-state index contributed by atoms with van der Waals surface area (Å²) in [6.45, 7) is 5.16. The molecule has 1 N–H and O–H groups in total. The number of hydrogen-bond acceptors (Lipinski definition) is 6. The first-order valence-electron chi connectivity index (χ1n) is 10.0. The summed E-state index contributed by atoms with van der Waals surface area (Å²) < 4.78 is 74.6. The number of ether oxygens (including phenoxy) is 2. The van der Waals surface area contributed by atoms with Crippen LogP contribution in [-0.4, -0.2) is 89.1 Å². The molecule has 8 nitrogen and oxygen atoms in total. The molecule has 0 saturated heterocycles. The van der Waals surface area contributed by atoms with Crippen molar-refractivity contribution in [2.45, 2.75) is 32.2 Å². The Morgan fingerprint density at radius 2 is 1.88 bits per heavy atom. The van der Waals surface area contributed by atoms with Crippen LogP contribution in [0.15, 0.2) is 18.2 Å². The molecule has 0 aliphatic carbocycles. The molecule has 12 heteroatoms. The molecule has 1 heterocycles. The van der Waals surface area contributed by atoms with Crippen molar-refractivity contribution in [3.63, 3.8) is 0 Å². The first kappa shape index (κ1) is 26.2. The molecule has 0 unspecified atom stereocenters. The molecule has 1 aromatic carbocycles. The number of amides is 1. The Hall–Kier alpha value is -2.05. The van der Waals surface area contributed by atoms with Crippen LogP contribution in [-0.2, 0) is 14.8 Å². The van der Waals surface area contributed by atoms with Crippen LogP contribution in [0.2, 0.25) is 0 Å².